The van der Waals surface area contributed by atoms with Gasteiger partial charge in [0.25, 0.3) is 5.69 Å². The number of nitrogens with zero attached hydrogens (tertiary/aromatic N) is 2. The Morgan fingerprint density at radius 3 is 2.65 bits per heavy atom. The van der Waals surface area contributed by atoms with E-state index in [0.29, 0.717) is 12.5 Å². The van der Waals surface area contributed by atoms with Gasteiger partial charge in [-0.15, -0.1) is 0 Å². The molecule has 0 aliphatic carbocycles. The number of halogens is 1. The van der Waals surface area contributed by atoms with Crippen LogP contribution in [0.15, 0.2) is 18.2 Å². The number of hydrogen-bond acceptors (Lipinski definition) is 4. The number of rotatable bonds is 7. The zero-order chi connectivity index (χ0) is 15.3. The molecule has 1 atom stereocenters. The quantitative estimate of drug-likeness (QED) is 0.620. The van der Waals surface area contributed by atoms with Gasteiger partial charge in [-0.05, 0) is 37.6 Å². The Hall–Kier alpha value is -1.17. The van der Waals surface area contributed by atoms with Crippen molar-refractivity contribution in [3.05, 3.63) is 38.9 Å². The molecule has 0 saturated carbocycles. The number of nitrogens with two attached hydrogens (primary N) is 1. The largest absolute Gasteiger partial charge is 0.327 e. The lowest BCUT2D eigenvalue weighted by Crippen LogP contribution is -2.31. The van der Waals surface area contributed by atoms with Crippen LogP contribution in [-0.2, 0) is 6.54 Å². The Morgan fingerprint density at radius 2 is 2.10 bits per heavy atom. The van der Waals surface area contributed by atoms with Gasteiger partial charge in [0.2, 0.25) is 0 Å². The molecule has 0 aromatic heterocycles. The molecule has 0 aliphatic rings. The van der Waals surface area contributed by atoms with Crippen molar-refractivity contribution in [2.24, 2.45) is 11.7 Å². The van der Waals surface area contributed by atoms with Crippen LogP contribution in [0.5, 0.6) is 0 Å². The summed E-state index contributed by atoms with van der Waals surface area (Å²) in [5.74, 6) is 0.458. The summed E-state index contributed by atoms with van der Waals surface area (Å²) >= 11 is 5.79. The Balaban J connectivity index is 2.60. The smallest absolute Gasteiger partial charge is 0.288 e. The summed E-state index contributed by atoms with van der Waals surface area (Å²) in [6.07, 6.45) is 0.907. The third kappa shape index (κ3) is 5.07. The first kappa shape index (κ1) is 16.9. The standard InChI is InChI=1S/C14H22ClN3O2/c1-10(2)13(16)6-7-17(3)9-11-4-5-12(15)14(8-11)18(19)20/h4-5,8,10,13H,6-7,9,16H2,1-3H3. The van der Waals surface area contributed by atoms with Crippen molar-refractivity contribution < 1.29 is 4.92 Å². The summed E-state index contributed by atoms with van der Waals surface area (Å²) in [6.45, 7) is 5.71. The SMILES string of the molecule is CC(C)C(N)CCN(C)Cc1ccc(Cl)c([N+](=O)[O-])c1. The lowest BCUT2D eigenvalue weighted by atomic mass is 10.0. The second-order valence-electron chi connectivity index (χ2n) is 5.48. The van der Waals surface area contributed by atoms with Gasteiger partial charge in [-0.2, -0.15) is 0 Å². The van der Waals surface area contributed by atoms with E-state index in [1.807, 2.05) is 13.1 Å². The molecule has 6 heteroatoms. The molecule has 5 nitrogen and oxygen atoms in total. The molecular formula is C14H22ClN3O2. The van der Waals surface area contributed by atoms with E-state index in [-0.39, 0.29) is 16.8 Å². The van der Waals surface area contributed by atoms with Crippen LogP contribution in [0.2, 0.25) is 5.02 Å². The minimum atomic E-state index is -0.458. The molecule has 0 radical (unpaired) electrons. The highest BCUT2D eigenvalue weighted by atomic mass is 35.5. The molecule has 20 heavy (non-hydrogen) atoms. The predicted octanol–water partition coefficient (Wildman–Crippen LogP) is 3.05. The zero-order valence-electron chi connectivity index (χ0n) is 12.2. The van der Waals surface area contributed by atoms with E-state index in [9.17, 15) is 10.1 Å². The molecule has 0 heterocycles. The van der Waals surface area contributed by atoms with Crippen LogP contribution < -0.4 is 5.73 Å². The molecule has 2 N–H and O–H groups in total. The van der Waals surface area contributed by atoms with Gasteiger partial charge in [-0.3, -0.25) is 10.1 Å². The molecule has 0 aliphatic heterocycles. The minimum absolute atomic E-state index is 0.0450. The maximum Gasteiger partial charge on any atom is 0.288 e. The van der Waals surface area contributed by atoms with E-state index in [4.69, 9.17) is 17.3 Å². The Bertz CT molecular complexity index is 466. The highest BCUT2D eigenvalue weighted by Gasteiger charge is 2.14. The molecule has 0 amide bonds. The third-order valence-electron chi connectivity index (χ3n) is 3.36. The summed E-state index contributed by atoms with van der Waals surface area (Å²) < 4.78 is 0. The van der Waals surface area contributed by atoms with Gasteiger partial charge in [0.1, 0.15) is 5.02 Å². The van der Waals surface area contributed by atoms with Crippen molar-refractivity contribution >= 4 is 17.3 Å². The Labute approximate surface area is 124 Å². The molecule has 1 rings (SSSR count). The lowest BCUT2D eigenvalue weighted by Gasteiger charge is -2.21. The van der Waals surface area contributed by atoms with Crippen LogP contribution >= 0.6 is 11.6 Å². The first-order valence-electron chi connectivity index (χ1n) is 6.68. The molecule has 1 aromatic carbocycles. The Morgan fingerprint density at radius 1 is 1.45 bits per heavy atom. The van der Waals surface area contributed by atoms with E-state index >= 15 is 0 Å². The topological polar surface area (TPSA) is 72.4 Å². The van der Waals surface area contributed by atoms with Gasteiger partial charge in [0, 0.05) is 18.7 Å². The van der Waals surface area contributed by atoms with Crippen molar-refractivity contribution in [2.75, 3.05) is 13.6 Å². The third-order valence-corrected chi connectivity index (χ3v) is 3.68. The van der Waals surface area contributed by atoms with Crippen LogP contribution in [0, 0.1) is 16.0 Å². The first-order valence-corrected chi connectivity index (χ1v) is 7.06. The van der Waals surface area contributed by atoms with Gasteiger partial charge >= 0.3 is 0 Å². The fourth-order valence-corrected chi connectivity index (χ4v) is 2.08. The fraction of sp³-hybridized carbons (Fsp3) is 0.571. The molecular weight excluding hydrogens is 278 g/mol. The molecule has 1 aromatic rings. The number of hydrogen-bond donors (Lipinski definition) is 1. The fourth-order valence-electron chi connectivity index (χ4n) is 1.89. The summed E-state index contributed by atoms with van der Waals surface area (Å²) in [5, 5.41) is 11.0. The molecule has 0 bridgehead atoms. The van der Waals surface area contributed by atoms with Crippen LogP contribution in [0.1, 0.15) is 25.8 Å². The average molecular weight is 300 g/mol. The summed E-state index contributed by atoms with van der Waals surface area (Å²) in [5.41, 5.74) is 6.84. The van der Waals surface area contributed by atoms with Crippen LogP contribution in [-0.4, -0.2) is 29.5 Å². The summed E-state index contributed by atoms with van der Waals surface area (Å²) in [7, 11) is 1.98. The zero-order valence-corrected chi connectivity index (χ0v) is 12.9. The average Bonchev–Trinajstić information content (AvgIpc) is 2.37. The van der Waals surface area contributed by atoms with Crippen LogP contribution in [0.3, 0.4) is 0 Å². The Kier molecular flexibility index (Phi) is 6.39. The van der Waals surface area contributed by atoms with Gasteiger partial charge < -0.3 is 10.6 Å². The van der Waals surface area contributed by atoms with Gasteiger partial charge in [0.05, 0.1) is 4.92 Å². The lowest BCUT2D eigenvalue weighted by molar-refractivity contribution is -0.384. The van der Waals surface area contributed by atoms with E-state index in [2.05, 4.69) is 18.7 Å². The van der Waals surface area contributed by atoms with Crippen molar-refractivity contribution in [2.45, 2.75) is 32.9 Å². The van der Waals surface area contributed by atoms with E-state index in [1.54, 1.807) is 6.07 Å². The normalized spacial score (nSPS) is 12.9. The van der Waals surface area contributed by atoms with Crippen molar-refractivity contribution in [3.8, 4) is 0 Å². The maximum atomic E-state index is 10.8. The molecule has 0 spiro atoms. The second kappa shape index (κ2) is 7.57. The van der Waals surface area contributed by atoms with E-state index in [0.717, 1.165) is 18.5 Å². The highest BCUT2D eigenvalue weighted by Crippen LogP contribution is 2.25. The van der Waals surface area contributed by atoms with Gasteiger partial charge in [-0.25, -0.2) is 0 Å². The van der Waals surface area contributed by atoms with Crippen molar-refractivity contribution in [1.29, 1.82) is 0 Å². The second-order valence-corrected chi connectivity index (χ2v) is 5.88. The number of nitro groups is 1. The van der Waals surface area contributed by atoms with E-state index in [1.165, 1.54) is 6.07 Å². The minimum Gasteiger partial charge on any atom is -0.327 e. The molecule has 1 unspecified atom stereocenters. The van der Waals surface area contributed by atoms with Gasteiger partial charge in [0.15, 0.2) is 0 Å². The summed E-state index contributed by atoms with van der Waals surface area (Å²) in [6, 6.07) is 5.09. The monoisotopic (exact) mass is 299 g/mol. The highest BCUT2D eigenvalue weighted by molar-refractivity contribution is 6.32. The van der Waals surface area contributed by atoms with Crippen LogP contribution in [0.25, 0.3) is 0 Å². The van der Waals surface area contributed by atoms with Gasteiger partial charge in [-0.1, -0.05) is 31.5 Å². The van der Waals surface area contributed by atoms with Crippen molar-refractivity contribution in [1.82, 2.24) is 4.90 Å². The van der Waals surface area contributed by atoms with Crippen LogP contribution in [0.4, 0.5) is 5.69 Å². The maximum absolute atomic E-state index is 10.8. The molecule has 112 valence electrons. The molecule has 0 fully saturated rings. The summed E-state index contributed by atoms with van der Waals surface area (Å²) in [4.78, 5) is 12.5. The van der Waals surface area contributed by atoms with E-state index < -0.39 is 4.92 Å². The molecule has 0 saturated heterocycles. The first-order chi connectivity index (χ1) is 9.31. The number of benzene rings is 1. The van der Waals surface area contributed by atoms with Crippen molar-refractivity contribution in [3.63, 3.8) is 0 Å². The number of nitro benzene ring substituents is 1. The predicted molar refractivity (Wildman–Crippen MR) is 81.9 cm³/mol.